The molecule has 0 bridgehead atoms. The summed E-state index contributed by atoms with van der Waals surface area (Å²) in [6.45, 7) is 0.516. The highest BCUT2D eigenvalue weighted by Crippen LogP contribution is 2.12. The maximum Gasteiger partial charge on any atom is 0.408 e. The number of nitrogens with one attached hydrogen (secondary N) is 1. The van der Waals surface area contributed by atoms with Crippen LogP contribution >= 0.6 is 0 Å². The van der Waals surface area contributed by atoms with Crippen LogP contribution in [0.4, 0.5) is 4.79 Å². The molecule has 1 N–H and O–H groups in total. The predicted octanol–water partition coefficient (Wildman–Crippen LogP) is 3.67. The van der Waals surface area contributed by atoms with E-state index in [9.17, 15) is 9.59 Å². The standard InChI is InChI=1S/C24H24N2O5/c1-29-23(27)21(26-24(28)31-17-19-10-6-3-7-11-19)14-20-12-13-22(25-15-20)30-16-18-8-4-2-5-9-18/h2-13,15,21H,14,16-17H2,1H3,(H,26,28). The SMILES string of the molecule is COC(=O)C(Cc1ccc(OCc2ccccc2)nc1)NC(=O)OCc1ccccc1. The normalized spacial score (nSPS) is 11.3. The van der Waals surface area contributed by atoms with Gasteiger partial charge in [-0.05, 0) is 16.7 Å². The first-order chi connectivity index (χ1) is 15.1. The maximum absolute atomic E-state index is 12.1. The molecule has 1 aromatic heterocycles. The Labute approximate surface area is 181 Å². The third-order valence-electron chi connectivity index (χ3n) is 4.46. The summed E-state index contributed by atoms with van der Waals surface area (Å²) in [7, 11) is 1.27. The third kappa shape index (κ3) is 7.15. The van der Waals surface area contributed by atoms with Crippen LogP contribution in [0.15, 0.2) is 79.0 Å². The number of alkyl carbamates (subject to hydrolysis) is 1. The zero-order valence-corrected chi connectivity index (χ0v) is 17.2. The first-order valence-electron chi connectivity index (χ1n) is 9.81. The van der Waals surface area contributed by atoms with Crippen LogP contribution in [0.5, 0.6) is 5.88 Å². The summed E-state index contributed by atoms with van der Waals surface area (Å²) in [6.07, 6.45) is 1.11. The number of esters is 1. The van der Waals surface area contributed by atoms with Gasteiger partial charge in [0.15, 0.2) is 0 Å². The number of carbonyl (C=O) groups excluding carboxylic acids is 2. The van der Waals surface area contributed by atoms with Crippen LogP contribution in [0, 0.1) is 0 Å². The number of pyridine rings is 1. The minimum absolute atomic E-state index is 0.107. The molecule has 1 heterocycles. The fourth-order valence-corrected chi connectivity index (χ4v) is 2.83. The first kappa shape index (κ1) is 21.8. The van der Waals surface area contributed by atoms with Crippen LogP contribution in [-0.2, 0) is 33.9 Å². The number of carbonyl (C=O) groups is 2. The largest absolute Gasteiger partial charge is 0.473 e. The highest BCUT2D eigenvalue weighted by atomic mass is 16.6. The van der Waals surface area contributed by atoms with Gasteiger partial charge in [-0.2, -0.15) is 0 Å². The molecule has 0 radical (unpaired) electrons. The van der Waals surface area contributed by atoms with Crippen LogP contribution in [0.25, 0.3) is 0 Å². The van der Waals surface area contributed by atoms with Gasteiger partial charge in [0.05, 0.1) is 7.11 Å². The molecule has 3 rings (SSSR count). The van der Waals surface area contributed by atoms with Crippen molar-refractivity contribution in [3.8, 4) is 5.88 Å². The van der Waals surface area contributed by atoms with E-state index in [1.54, 1.807) is 18.3 Å². The lowest BCUT2D eigenvalue weighted by atomic mass is 10.1. The van der Waals surface area contributed by atoms with Crippen LogP contribution in [-0.4, -0.2) is 30.2 Å². The van der Waals surface area contributed by atoms with Gasteiger partial charge in [0.25, 0.3) is 0 Å². The molecule has 7 nitrogen and oxygen atoms in total. The fourth-order valence-electron chi connectivity index (χ4n) is 2.83. The van der Waals surface area contributed by atoms with E-state index in [0.29, 0.717) is 12.5 Å². The molecule has 1 unspecified atom stereocenters. The van der Waals surface area contributed by atoms with E-state index in [2.05, 4.69) is 10.3 Å². The quantitative estimate of drug-likeness (QED) is 0.532. The van der Waals surface area contributed by atoms with E-state index in [1.807, 2.05) is 60.7 Å². The van der Waals surface area contributed by atoms with E-state index in [-0.39, 0.29) is 13.0 Å². The minimum Gasteiger partial charge on any atom is -0.473 e. The summed E-state index contributed by atoms with van der Waals surface area (Å²) in [5.74, 6) is -0.0986. The minimum atomic E-state index is -0.897. The van der Waals surface area contributed by atoms with Crippen molar-refractivity contribution in [1.29, 1.82) is 0 Å². The van der Waals surface area contributed by atoms with E-state index in [0.717, 1.165) is 16.7 Å². The Hall–Kier alpha value is -3.87. The topological polar surface area (TPSA) is 86.8 Å². The molecule has 0 aliphatic heterocycles. The first-order valence-corrected chi connectivity index (χ1v) is 9.81. The van der Waals surface area contributed by atoms with Gasteiger partial charge in [-0.15, -0.1) is 0 Å². The average molecular weight is 420 g/mol. The van der Waals surface area contributed by atoms with E-state index < -0.39 is 18.1 Å². The Bertz CT molecular complexity index is 962. The van der Waals surface area contributed by atoms with Crippen molar-refractivity contribution in [2.24, 2.45) is 0 Å². The number of rotatable bonds is 9. The van der Waals surface area contributed by atoms with E-state index >= 15 is 0 Å². The van der Waals surface area contributed by atoms with Gasteiger partial charge < -0.3 is 19.5 Å². The molecule has 2 aromatic carbocycles. The number of methoxy groups -OCH3 is 1. The summed E-state index contributed by atoms with van der Waals surface area (Å²) in [5, 5.41) is 2.55. The van der Waals surface area contributed by atoms with Gasteiger partial charge in [-0.25, -0.2) is 14.6 Å². The van der Waals surface area contributed by atoms with Crippen molar-refractivity contribution >= 4 is 12.1 Å². The Morgan fingerprint density at radius 2 is 1.52 bits per heavy atom. The van der Waals surface area contributed by atoms with Gasteiger partial charge in [-0.3, -0.25) is 0 Å². The molecule has 0 aliphatic carbocycles. The van der Waals surface area contributed by atoms with Crippen LogP contribution in [0.3, 0.4) is 0 Å². The zero-order valence-electron chi connectivity index (χ0n) is 17.2. The van der Waals surface area contributed by atoms with Crippen molar-refractivity contribution in [1.82, 2.24) is 10.3 Å². The molecule has 0 saturated heterocycles. The van der Waals surface area contributed by atoms with Gasteiger partial charge in [0.1, 0.15) is 19.3 Å². The second kappa shape index (κ2) is 11.3. The molecule has 31 heavy (non-hydrogen) atoms. The number of aromatic nitrogens is 1. The highest BCUT2D eigenvalue weighted by molar-refractivity contribution is 5.81. The Kier molecular flexibility index (Phi) is 7.99. The molecule has 0 aliphatic rings. The van der Waals surface area contributed by atoms with Gasteiger partial charge in [0, 0.05) is 18.7 Å². The third-order valence-corrected chi connectivity index (χ3v) is 4.46. The molecule has 7 heteroatoms. The lowest BCUT2D eigenvalue weighted by Crippen LogP contribution is -2.43. The van der Waals surface area contributed by atoms with Crippen LogP contribution in [0.1, 0.15) is 16.7 Å². The molecule has 0 spiro atoms. The smallest absolute Gasteiger partial charge is 0.408 e. The maximum atomic E-state index is 12.1. The Morgan fingerprint density at radius 3 is 2.10 bits per heavy atom. The van der Waals surface area contributed by atoms with E-state index in [4.69, 9.17) is 14.2 Å². The summed E-state index contributed by atoms with van der Waals surface area (Å²) in [5.41, 5.74) is 2.63. The number of hydrogen-bond acceptors (Lipinski definition) is 6. The highest BCUT2D eigenvalue weighted by Gasteiger charge is 2.23. The van der Waals surface area contributed by atoms with Crippen molar-refractivity contribution in [2.45, 2.75) is 25.7 Å². The molecule has 0 fully saturated rings. The monoisotopic (exact) mass is 420 g/mol. The fraction of sp³-hybridized carbons (Fsp3) is 0.208. The second-order valence-electron chi connectivity index (χ2n) is 6.76. The van der Waals surface area contributed by atoms with Crippen LogP contribution < -0.4 is 10.1 Å². The summed E-state index contributed by atoms with van der Waals surface area (Å²) < 4.78 is 15.7. The Morgan fingerprint density at radius 1 is 0.871 bits per heavy atom. The zero-order chi connectivity index (χ0) is 21.9. The number of amides is 1. The van der Waals surface area contributed by atoms with Crippen molar-refractivity contribution in [3.63, 3.8) is 0 Å². The molecule has 1 amide bonds. The number of ether oxygens (including phenoxy) is 3. The lowest BCUT2D eigenvalue weighted by molar-refractivity contribution is -0.143. The van der Waals surface area contributed by atoms with Crippen molar-refractivity contribution < 1.29 is 23.8 Å². The molecule has 1 atom stereocenters. The summed E-state index contributed by atoms with van der Waals surface area (Å²) >= 11 is 0. The summed E-state index contributed by atoms with van der Waals surface area (Å²) in [6, 6.07) is 21.7. The molecule has 160 valence electrons. The second-order valence-corrected chi connectivity index (χ2v) is 6.76. The van der Waals surface area contributed by atoms with Crippen molar-refractivity contribution in [3.05, 3.63) is 95.7 Å². The number of nitrogens with zero attached hydrogens (tertiary/aromatic N) is 1. The average Bonchev–Trinajstić information content (AvgIpc) is 2.82. The molecule has 0 saturated carbocycles. The molecular formula is C24H24N2O5. The lowest BCUT2D eigenvalue weighted by Gasteiger charge is -2.16. The van der Waals surface area contributed by atoms with Gasteiger partial charge in [0.2, 0.25) is 5.88 Å². The van der Waals surface area contributed by atoms with Crippen molar-refractivity contribution in [2.75, 3.05) is 7.11 Å². The van der Waals surface area contributed by atoms with E-state index in [1.165, 1.54) is 7.11 Å². The number of hydrogen-bond donors (Lipinski definition) is 1. The predicted molar refractivity (Wildman–Crippen MR) is 114 cm³/mol. The summed E-state index contributed by atoms with van der Waals surface area (Å²) in [4.78, 5) is 28.5. The Balaban J connectivity index is 1.53. The van der Waals surface area contributed by atoms with Gasteiger partial charge >= 0.3 is 12.1 Å². The molecule has 3 aromatic rings. The van der Waals surface area contributed by atoms with Crippen LogP contribution in [0.2, 0.25) is 0 Å². The molecular weight excluding hydrogens is 396 g/mol. The van der Waals surface area contributed by atoms with Gasteiger partial charge in [-0.1, -0.05) is 66.7 Å². The number of benzene rings is 2.